The van der Waals surface area contributed by atoms with Gasteiger partial charge in [0.05, 0.1) is 28.9 Å². The Balaban J connectivity index is 2.06. The number of rotatable bonds is 3. The molecule has 1 aliphatic carbocycles. The molecule has 1 amide bonds. The van der Waals surface area contributed by atoms with E-state index in [2.05, 4.69) is 5.32 Å². The molecule has 0 aromatic heterocycles. The lowest BCUT2D eigenvalue weighted by atomic mass is 10.0. The van der Waals surface area contributed by atoms with Gasteiger partial charge in [0.25, 0.3) is 0 Å². The van der Waals surface area contributed by atoms with Crippen LogP contribution in [0.15, 0.2) is 0 Å². The molecule has 1 saturated carbocycles. The second-order valence-corrected chi connectivity index (χ2v) is 8.69. The maximum atomic E-state index is 12.1. The molecule has 0 bridgehead atoms. The molecule has 108 valence electrons. The summed E-state index contributed by atoms with van der Waals surface area (Å²) in [5, 5.41) is 11.8. The molecule has 2 rings (SSSR count). The topological polar surface area (TPSA) is 101 Å². The van der Waals surface area contributed by atoms with Gasteiger partial charge in [-0.15, -0.1) is 0 Å². The van der Waals surface area contributed by atoms with E-state index in [0.29, 0.717) is 6.42 Å². The largest absolute Gasteiger partial charge is 0.481 e. The molecule has 19 heavy (non-hydrogen) atoms. The molecule has 1 saturated heterocycles. The highest BCUT2D eigenvalue weighted by Crippen LogP contribution is 2.58. The molecule has 2 fully saturated rings. The van der Waals surface area contributed by atoms with E-state index >= 15 is 0 Å². The summed E-state index contributed by atoms with van der Waals surface area (Å²) in [6, 6.07) is 0. The molecule has 0 spiro atoms. The number of amides is 1. The number of carboxylic acid groups (broad SMARTS) is 1. The van der Waals surface area contributed by atoms with Crippen LogP contribution in [0.4, 0.5) is 0 Å². The fraction of sp³-hybridized carbons (Fsp3) is 0.833. The van der Waals surface area contributed by atoms with Gasteiger partial charge >= 0.3 is 5.97 Å². The second-order valence-electron chi connectivity index (χ2n) is 6.51. The van der Waals surface area contributed by atoms with Crippen LogP contribution >= 0.6 is 0 Å². The molecule has 0 aromatic rings. The van der Waals surface area contributed by atoms with Crippen LogP contribution in [0.2, 0.25) is 0 Å². The number of nitrogens with one attached hydrogen (secondary N) is 1. The SMILES string of the molecule is CC1(NC(=O)[C@H]2[C@@H](C(=O)O)C2(C)C)CCS(=O)(=O)C1. The lowest BCUT2D eigenvalue weighted by molar-refractivity contribution is -0.140. The van der Waals surface area contributed by atoms with E-state index in [1.54, 1.807) is 20.8 Å². The van der Waals surface area contributed by atoms with Gasteiger partial charge in [0, 0.05) is 0 Å². The molecule has 0 aromatic carbocycles. The average molecular weight is 289 g/mol. The highest BCUT2D eigenvalue weighted by atomic mass is 32.2. The van der Waals surface area contributed by atoms with Gasteiger partial charge in [0.1, 0.15) is 0 Å². The van der Waals surface area contributed by atoms with Crippen molar-refractivity contribution in [3.8, 4) is 0 Å². The average Bonchev–Trinajstić information content (AvgIpc) is 2.67. The van der Waals surface area contributed by atoms with Crippen LogP contribution < -0.4 is 5.32 Å². The monoisotopic (exact) mass is 289 g/mol. The smallest absolute Gasteiger partial charge is 0.307 e. The van der Waals surface area contributed by atoms with Crippen molar-refractivity contribution in [1.82, 2.24) is 5.32 Å². The Morgan fingerprint density at radius 3 is 2.16 bits per heavy atom. The Kier molecular flexibility index (Phi) is 2.97. The number of carbonyl (C=O) groups excluding carboxylic acids is 1. The highest BCUT2D eigenvalue weighted by molar-refractivity contribution is 7.91. The summed E-state index contributed by atoms with van der Waals surface area (Å²) in [5.41, 5.74) is -1.33. The van der Waals surface area contributed by atoms with Gasteiger partial charge in [-0.05, 0) is 18.8 Å². The van der Waals surface area contributed by atoms with E-state index < -0.39 is 38.6 Å². The zero-order valence-corrected chi connectivity index (χ0v) is 12.1. The quantitative estimate of drug-likeness (QED) is 0.764. The molecule has 2 aliphatic rings. The Labute approximate surface area is 112 Å². The maximum absolute atomic E-state index is 12.1. The van der Waals surface area contributed by atoms with Crippen LogP contribution in [0, 0.1) is 17.3 Å². The van der Waals surface area contributed by atoms with Gasteiger partial charge in [-0.1, -0.05) is 13.8 Å². The third kappa shape index (κ3) is 2.48. The molecule has 3 atom stereocenters. The van der Waals surface area contributed by atoms with E-state index in [0.717, 1.165) is 0 Å². The van der Waals surface area contributed by atoms with Crippen LogP contribution in [0.5, 0.6) is 0 Å². The Morgan fingerprint density at radius 2 is 1.79 bits per heavy atom. The summed E-state index contributed by atoms with van der Waals surface area (Å²) < 4.78 is 22.9. The van der Waals surface area contributed by atoms with Crippen molar-refractivity contribution in [3.05, 3.63) is 0 Å². The van der Waals surface area contributed by atoms with E-state index in [4.69, 9.17) is 5.11 Å². The first kappa shape index (κ1) is 14.3. The number of sulfone groups is 1. The zero-order valence-electron chi connectivity index (χ0n) is 11.3. The minimum atomic E-state index is -3.09. The van der Waals surface area contributed by atoms with Crippen LogP contribution in [0.3, 0.4) is 0 Å². The molecule has 1 aliphatic heterocycles. The van der Waals surface area contributed by atoms with E-state index in [1.165, 1.54) is 0 Å². The summed E-state index contributed by atoms with van der Waals surface area (Å²) in [6.45, 7) is 5.17. The number of hydrogen-bond donors (Lipinski definition) is 2. The number of aliphatic carboxylic acids is 1. The number of hydrogen-bond acceptors (Lipinski definition) is 4. The van der Waals surface area contributed by atoms with Gasteiger partial charge in [0.15, 0.2) is 9.84 Å². The fourth-order valence-corrected chi connectivity index (χ4v) is 5.17. The van der Waals surface area contributed by atoms with Crippen molar-refractivity contribution in [3.63, 3.8) is 0 Å². The Bertz CT molecular complexity index is 538. The van der Waals surface area contributed by atoms with Crippen molar-refractivity contribution in [2.45, 2.75) is 32.7 Å². The van der Waals surface area contributed by atoms with Crippen LogP contribution in [-0.4, -0.2) is 42.4 Å². The lowest BCUT2D eigenvalue weighted by Crippen LogP contribution is -2.48. The van der Waals surface area contributed by atoms with E-state index in [9.17, 15) is 18.0 Å². The third-order valence-corrected chi connectivity index (χ3v) is 6.21. The first-order chi connectivity index (χ1) is 8.49. The predicted molar refractivity (Wildman–Crippen MR) is 68.2 cm³/mol. The summed E-state index contributed by atoms with van der Waals surface area (Å²) in [7, 11) is -3.09. The summed E-state index contributed by atoms with van der Waals surface area (Å²) >= 11 is 0. The van der Waals surface area contributed by atoms with Crippen LogP contribution in [0.1, 0.15) is 27.2 Å². The second kappa shape index (κ2) is 3.94. The lowest BCUT2D eigenvalue weighted by Gasteiger charge is -2.24. The minimum Gasteiger partial charge on any atom is -0.481 e. The first-order valence-corrected chi connectivity index (χ1v) is 8.06. The molecule has 0 radical (unpaired) electrons. The minimum absolute atomic E-state index is 0.0696. The molecule has 6 nitrogen and oxygen atoms in total. The first-order valence-electron chi connectivity index (χ1n) is 6.24. The normalized spacial score (nSPS) is 38.7. The molecule has 1 heterocycles. The molecule has 1 unspecified atom stereocenters. The van der Waals surface area contributed by atoms with Crippen molar-refractivity contribution in [2.75, 3.05) is 11.5 Å². The van der Waals surface area contributed by atoms with Gasteiger partial charge in [0.2, 0.25) is 5.91 Å². The van der Waals surface area contributed by atoms with Crippen LogP contribution in [0.25, 0.3) is 0 Å². The van der Waals surface area contributed by atoms with Crippen LogP contribution in [-0.2, 0) is 19.4 Å². The highest BCUT2D eigenvalue weighted by Gasteiger charge is 2.66. The van der Waals surface area contributed by atoms with Crippen molar-refractivity contribution in [2.24, 2.45) is 17.3 Å². The maximum Gasteiger partial charge on any atom is 0.307 e. The predicted octanol–water partition coefficient (Wildman–Crippen LogP) is 0.0366. The molecule has 2 N–H and O–H groups in total. The Morgan fingerprint density at radius 1 is 1.21 bits per heavy atom. The molecular weight excluding hydrogens is 270 g/mol. The van der Waals surface area contributed by atoms with Gasteiger partial charge in [-0.2, -0.15) is 0 Å². The summed E-state index contributed by atoms with van der Waals surface area (Å²) in [4.78, 5) is 23.2. The van der Waals surface area contributed by atoms with E-state index in [1.807, 2.05) is 0 Å². The van der Waals surface area contributed by atoms with E-state index in [-0.39, 0.29) is 17.4 Å². The van der Waals surface area contributed by atoms with Gasteiger partial charge in [-0.3, -0.25) is 9.59 Å². The van der Waals surface area contributed by atoms with Gasteiger partial charge < -0.3 is 10.4 Å². The number of carbonyl (C=O) groups is 2. The standard InChI is InChI=1S/C12H19NO5S/c1-11(2)7(8(11)10(15)16)9(14)13-12(3)4-5-19(17,18)6-12/h7-8H,4-6H2,1-3H3,(H,13,14)(H,15,16)/t7-,8+,12?/m1/s1. The summed E-state index contributed by atoms with van der Waals surface area (Å²) in [5.74, 6) is -2.60. The van der Waals surface area contributed by atoms with Gasteiger partial charge in [-0.25, -0.2) is 8.42 Å². The third-order valence-electron chi connectivity index (χ3n) is 4.30. The number of carboxylic acids is 1. The zero-order chi connectivity index (χ0) is 14.6. The van der Waals surface area contributed by atoms with Crippen molar-refractivity contribution < 1.29 is 23.1 Å². The Hall–Kier alpha value is -1.11. The summed E-state index contributed by atoms with van der Waals surface area (Å²) in [6.07, 6.45) is 0.381. The van der Waals surface area contributed by atoms with Crippen molar-refractivity contribution >= 4 is 21.7 Å². The molecular formula is C12H19NO5S. The molecule has 7 heteroatoms. The van der Waals surface area contributed by atoms with Crippen molar-refractivity contribution in [1.29, 1.82) is 0 Å². The fourth-order valence-electron chi connectivity index (χ4n) is 3.07.